The van der Waals surface area contributed by atoms with Gasteiger partial charge < -0.3 is 4.74 Å². The number of ether oxygens (including phenoxy) is 1. The lowest BCUT2D eigenvalue weighted by Gasteiger charge is -2.24. The Kier molecular flexibility index (Phi) is 3.78. The van der Waals surface area contributed by atoms with Crippen LogP contribution in [0.3, 0.4) is 0 Å². The molecule has 0 bridgehead atoms. The molecule has 3 atom stereocenters. The maximum absolute atomic E-state index is 12.1. The second kappa shape index (κ2) is 5.56. The van der Waals surface area contributed by atoms with Crippen LogP contribution in [0.2, 0.25) is 0 Å². The number of likely N-dealkylation sites (tertiary alicyclic amines) is 1. The molecule has 2 heterocycles. The summed E-state index contributed by atoms with van der Waals surface area (Å²) in [5.74, 6) is 1.09. The highest BCUT2D eigenvalue weighted by Gasteiger charge is 2.47. The lowest BCUT2D eigenvalue weighted by Crippen LogP contribution is -2.39. The number of hydrogen-bond acceptors (Lipinski definition) is 4. The number of carbonyl (C=O) groups is 1. The lowest BCUT2D eigenvalue weighted by atomic mass is 9.94. The summed E-state index contributed by atoms with van der Waals surface area (Å²) < 4.78 is 6.97. The number of fused-ring (bicyclic) bond motifs is 1. The maximum Gasteiger partial charge on any atom is 0.323 e. The molecule has 1 aliphatic heterocycles. The van der Waals surface area contributed by atoms with Gasteiger partial charge >= 0.3 is 5.97 Å². The van der Waals surface area contributed by atoms with E-state index in [1.54, 1.807) is 0 Å². The Hall–Kier alpha value is -1.36. The van der Waals surface area contributed by atoms with Crippen LogP contribution in [0.25, 0.3) is 0 Å². The van der Waals surface area contributed by atoms with Gasteiger partial charge in [-0.05, 0) is 31.6 Å². The van der Waals surface area contributed by atoms with Gasteiger partial charge in [0.1, 0.15) is 6.04 Å². The van der Waals surface area contributed by atoms with Crippen LogP contribution in [-0.2, 0) is 22.6 Å². The molecule has 0 aromatic carbocycles. The molecule has 0 unspecified atom stereocenters. The van der Waals surface area contributed by atoms with Crippen molar-refractivity contribution >= 4 is 5.97 Å². The summed E-state index contributed by atoms with van der Waals surface area (Å²) in [5, 5.41) is 4.31. The van der Waals surface area contributed by atoms with Gasteiger partial charge in [0.25, 0.3) is 0 Å². The summed E-state index contributed by atoms with van der Waals surface area (Å²) in [6.07, 6.45) is 7.65. The quantitative estimate of drug-likeness (QED) is 0.786. The first-order chi connectivity index (χ1) is 9.72. The van der Waals surface area contributed by atoms with E-state index in [1.165, 1.54) is 25.5 Å². The van der Waals surface area contributed by atoms with Crippen LogP contribution < -0.4 is 0 Å². The average molecular weight is 277 g/mol. The third-order valence-electron chi connectivity index (χ3n) is 4.82. The monoisotopic (exact) mass is 277 g/mol. The van der Waals surface area contributed by atoms with E-state index in [9.17, 15) is 4.79 Å². The molecule has 1 aliphatic carbocycles. The first kappa shape index (κ1) is 13.6. The molecule has 0 amide bonds. The zero-order valence-corrected chi connectivity index (χ0v) is 12.3. The Morgan fingerprint density at radius 2 is 2.35 bits per heavy atom. The van der Waals surface area contributed by atoms with E-state index >= 15 is 0 Å². The van der Waals surface area contributed by atoms with Crippen LogP contribution in [0.15, 0.2) is 12.4 Å². The Labute approximate surface area is 119 Å². The molecule has 2 fully saturated rings. The van der Waals surface area contributed by atoms with E-state index in [-0.39, 0.29) is 12.0 Å². The highest BCUT2D eigenvalue weighted by atomic mass is 16.5. The molecule has 2 aliphatic rings. The molecule has 1 saturated heterocycles. The van der Waals surface area contributed by atoms with Crippen LogP contribution in [0.1, 0.15) is 31.7 Å². The number of methoxy groups -OCH3 is 1. The second-order valence-electron chi connectivity index (χ2n) is 5.96. The third kappa shape index (κ3) is 2.35. The lowest BCUT2D eigenvalue weighted by molar-refractivity contribution is -0.147. The van der Waals surface area contributed by atoms with Crippen molar-refractivity contribution in [2.75, 3.05) is 13.7 Å². The maximum atomic E-state index is 12.1. The molecule has 1 saturated carbocycles. The average Bonchev–Trinajstić information content (AvgIpc) is 3.13. The topological polar surface area (TPSA) is 47.4 Å². The van der Waals surface area contributed by atoms with E-state index in [4.69, 9.17) is 4.74 Å². The fourth-order valence-corrected chi connectivity index (χ4v) is 3.90. The first-order valence-electron chi connectivity index (χ1n) is 7.56. The van der Waals surface area contributed by atoms with Crippen LogP contribution in [0.5, 0.6) is 0 Å². The number of rotatable bonds is 4. The van der Waals surface area contributed by atoms with Crippen LogP contribution in [-0.4, -0.2) is 40.3 Å². The number of nitrogens with zero attached hydrogens (tertiary/aromatic N) is 3. The van der Waals surface area contributed by atoms with Gasteiger partial charge in [-0.3, -0.25) is 14.4 Å². The normalized spacial score (nSPS) is 29.6. The number of aromatic nitrogens is 2. The van der Waals surface area contributed by atoms with Crippen molar-refractivity contribution in [3.63, 3.8) is 0 Å². The van der Waals surface area contributed by atoms with Crippen molar-refractivity contribution in [2.24, 2.45) is 11.8 Å². The van der Waals surface area contributed by atoms with E-state index in [0.29, 0.717) is 11.8 Å². The molecule has 0 radical (unpaired) electrons. The number of aryl methyl sites for hydroxylation is 1. The van der Waals surface area contributed by atoms with Gasteiger partial charge in [-0.1, -0.05) is 6.42 Å². The van der Waals surface area contributed by atoms with E-state index in [0.717, 1.165) is 26.1 Å². The van der Waals surface area contributed by atoms with Crippen molar-refractivity contribution in [3.05, 3.63) is 18.0 Å². The molecule has 1 aromatic heterocycles. The summed E-state index contributed by atoms with van der Waals surface area (Å²) in [5.41, 5.74) is 1.18. The number of carbonyl (C=O) groups excluding carboxylic acids is 1. The Balaban J connectivity index is 1.75. The minimum atomic E-state index is -0.0673. The van der Waals surface area contributed by atoms with Gasteiger partial charge in [-0.25, -0.2) is 0 Å². The van der Waals surface area contributed by atoms with E-state index in [2.05, 4.69) is 23.1 Å². The van der Waals surface area contributed by atoms with Gasteiger partial charge in [-0.15, -0.1) is 0 Å². The van der Waals surface area contributed by atoms with Crippen molar-refractivity contribution in [1.29, 1.82) is 0 Å². The van der Waals surface area contributed by atoms with Crippen molar-refractivity contribution in [3.8, 4) is 0 Å². The van der Waals surface area contributed by atoms with E-state index in [1.807, 2.05) is 10.9 Å². The van der Waals surface area contributed by atoms with Crippen molar-refractivity contribution in [2.45, 2.75) is 45.3 Å². The molecular formula is C15H23N3O2. The highest BCUT2D eigenvalue weighted by Crippen LogP contribution is 2.43. The van der Waals surface area contributed by atoms with Crippen LogP contribution in [0, 0.1) is 11.8 Å². The Bertz CT molecular complexity index is 485. The Morgan fingerprint density at radius 1 is 1.50 bits per heavy atom. The zero-order chi connectivity index (χ0) is 14.1. The number of hydrogen-bond donors (Lipinski definition) is 0. The van der Waals surface area contributed by atoms with Gasteiger partial charge in [0.15, 0.2) is 0 Å². The molecule has 0 spiro atoms. The molecule has 5 nitrogen and oxygen atoms in total. The fraction of sp³-hybridized carbons (Fsp3) is 0.733. The standard InChI is InChI=1S/C15H23N3O2/c1-3-18-9-11(7-16-18)8-17-10-12-5-4-6-13(12)14(17)15(19)20-2/h7,9,12-14H,3-6,8,10H2,1-2H3/t12-,13+,14-/m0/s1. The van der Waals surface area contributed by atoms with Crippen LogP contribution >= 0.6 is 0 Å². The molecule has 0 N–H and O–H groups in total. The minimum Gasteiger partial charge on any atom is -0.468 e. The largest absolute Gasteiger partial charge is 0.468 e. The first-order valence-corrected chi connectivity index (χ1v) is 7.56. The third-order valence-corrected chi connectivity index (χ3v) is 4.82. The predicted octanol–water partition coefficient (Wildman–Crippen LogP) is 1.68. The van der Waals surface area contributed by atoms with Crippen LogP contribution in [0.4, 0.5) is 0 Å². The van der Waals surface area contributed by atoms with Gasteiger partial charge in [-0.2, -0.15) is 5.10 Å². The molecule has 5 heteroatoms. The minimum absolute atomic E-state index is 0.0579. The SMILES string of the molecule is CCn1cc(CN2C[C@@H]3CCC[C@H]3[C@H]2C(=O)OC)cn1. The summed E-state index contributed by atoms with van der Waals surface area (Å²) in [6.45, 7) is 4.77. The van der Waals surface area contributed by atoms with Gasteiger partial charge in [0.05, 0.1) is 13.3 Å². The van der Waals surface area contributed by atoms with Gasteiger partial charge in [0, 0.05) is 31.4 Å². The Morgan fingerprint density at radius 3 is 3.05 bits per heavy atom. The smallest absolute Gasteiger partial charge is 0.323 e. The molecule has 110 valence electrons. The number of esters is 1. The summed E-state index contributed by atoms with van der Waals surface area (Å²) in [7, 11) is 1.50. The molecule has 3 rings (SSSR count). The van der Waals surface area contributed by atoms with Crippen molar-refractivity contribution < 1.29 is 9.53 Å². The van der Waals surface area contributed by atoms with Crippen molar-refractivity contribution in [1.82, 2.24) is 14.7 Å². The van der Waals surface area contributed by atoms with Gasteiger partial charge in [0.2, 0.25) is 0 Å². The van der Waals surface area contributed by atoms with E-state index < -0.39 is 0 Å². The zero-order valence-electron chi connectivity index (χ0n) is 12.3. The molecule has 20 heavy (non-hydrogen) atoms. The molecule has 1 aromatic rings. The summed E-state index contributed by atoms with van der Waals surface area (Å²) in [4.78, 5) is 14.4. The summed E-state index contributed by atoms with van der Waals surface area (Å²) in [6, 6.07) is -0.0579. The fourth-order valence-electron chi connectivity index (χ4n) is 3.90. The predicted molar refractivity (Wildman–Crippen MR) is 74.9 cm³/mol. The highest BCUT2D eigenvalue weighted by molar-refractivity contribution is 5.76. The molecular weight excluding hydrogens is 254 g/mol. The second-order valence-corrected chi connectivity index (χ2v) is 5.96. The summed E-state index contributed by atoms with van der Waals surface area (Å²) >= 11 is 0.